The van der Waals surface area contributed by atoms with Gasteiger partial charge in [0.2, 0.25) is 5.91 Å². The van der Waals surface area contributed by atoms with Gasteiger partial charge < -0.3 is 21.1 Å². The lowest BCUT2D eigenvalue weighted by molar-refractivity contribution is -0.120. The van der Waals surface area contributed by atoms with Crippen LogP contribution in [0.15, 0.2) is 36.7 Å². The van der Waals surface area contributed by atoms with Gasteiger partial charge >= 0.3 is 0 Å². The maximum atomic E-state index is 14.2. The van der Waals surface area contributed by atoms with Crippen LogP contribution in [0.1, 0.15) is 49.5 Å². The van der Waals surface area contributed by atoms with Crippen molar-refractivity contribution in [2.45, 2.75) is 57.5 Å². The van der Waals surface area contributed by atoms with Gasteiger partial charge in [-0.2, -0.15) is 10.4 Å². The molecule has 3 heterocycles. The predicted molar refractivity (Wildman–Crippen MR) is 131 cm³/mol. The van der Waals surface area contributed by atoms with Gasteiger partial charge in [-0.25, -0.2) is 8.91 Å². The molecule has 1 saturated carbocycles. The van der Waals surface area contributed by atoms with E-state index in [4.69, 9.17) is 5.26 Å². The average molecular weight is 494 g/mol. The summed E-state index contributed by atoms with van der Waals surface area (Å²) in [5.41, 5.74) is 1.51. The van der Waals surface area contributed by atoms with Crippen LogP contribution >= 0.6 is 0 Å². The molecule has 0 spiro atoms. The number of pyridine rings is 1. The molecule has 1 unspecified atom stereocenters. The SMILES string of the molecule is CC(=O)NC1CC(Nc2cc(-c3ccc4cc(C#N)cnn34)ncc2C(=O)NCC(F)C(C)(C)O)C1. The fourth-order valence-corrected chi connectivity index (χ4v) is 4.04. The van der Waals surface area contributed by atoms with E-state index in [0.29, 0.717) is 35.5 Å². The number of fused-ring (bicyclic) bond motifs is 1. The van der Waals surface area contributed by atoms with Crippen LogP contribution in [-0.4, -0.2) is 61.9 Å². The van der Waals surface area contributed by atoms with Gasteiger partial charge in [0, 0.05) is 25.2 Å². The summed E-state index contributed by atoms with van der Waals surface area (Å²) < 4.78 is 15.9. The standard InChI is InChI=1S/C25H28FN7O3/c1-14(34)31-16-7-17(8-16)32-20-9-21(22-5-4-18-6-15(10-27)11-30-33(18)22)28-12-19(20)24(35)29-13-23(26)25(2,3)36/h4-6,9,11-12,16-17,23,36H,7-8,13H2,1-3H3,(H,28,32)(H,29,35)(H,31,34). The molecule has 4 N–H and O–H groups in total. The molecule has 1 atom stereocenters. The van der Waals surface area contributed by atoms with Gasteiger partial charge in [-0.1, -0.05) is 0 Å². The summed E-state index contributed by atoms with van der Waals surface area (Å²) in [6.07, 6.45) is 2.61. The molecule has 11 heteroatoms. The molecular weight excluding hydrogens is 465 g/mol. The van der Waals surface area contributed by atoms with E-state index in [9.17, 15) is 19.1 Å². The molecule has 0 radical (unpaired) electrons. The first-order chi connectivity index (χ1) is 17.0. The third-order valence-corrected chi connectivity index (χ3v) is 6.15. The van der Waals surface area contributed by atoms with Crippen LogP contribution in [0.4, 0.5) is 10.1 Å². The molecule has 1 fully saturated rings. The summed E-state index contributed by atoms with van der Waals surface area (Å²) in [7, 11) is 0. The number of carbonyl (C=O) groups excluding carboxylic acids is 2. The minimum atomic E-state index is -1.65. The topological polar surface area (TPSA) is 144 Å². The summed E-state index contributed by atoms with van der Waals surface area (Å²) >= 11 is 0. The Morgan fingerprint density at radius 1 is 1.28 bits per heavy atom. The van der Waals surface area contributed by atoms with Crippen LogP contribution < -0.4 is 16.0 Å². The highest BCUT2D eigenvalue weighted by Crippen LogP contribution is 2.30. The summed E-state index contributed by atoms with van der Waals surface area (Å²) in [5, 5.41) is 32.0. The summed E-state index contributed by atoms with van der Waals surface area (Å²) in [4.78, 5) is 28.7. The van der Waals surface area contributed by atoms with Crippen LogP contribution in [-0.2, 0) is 4.79 Å². The van der Waals surface area contributed by atoms with E-state index in [-0.39, 0.29) is 30.1 Å². The number of nitrogens with zero attached hydrogens (tertiary/aromatic N) is 4. The second-order valence-electron chi connectivity index (χ2n) is 9.57. The number of aromatic nitrogens is 3. The monoisotopic (exact) mass is 493 g/mol. The number of carbonyl (C=O) groups is 2. The van der Waals surface area contributed by atoms with Gasteiger partial charge in [-0.3, -0.25) is 14.6 Å². The van der Waals surface area contributed by atoms with E-state index in [1.54, 1.807) is 16.6 Å². The van der Waals surface area contributed by atoms with Gasteiger partial charge in [0.1, 0.15) is 12.2 Å². The number of halogens is 1. The van der Waals surface area contributed by atoms with Crippen LogP contribution in [0, 0.1) is 11.3 Å². The smallest absolute Gasteiger partial charge is 0.255 e. The Morgan fingerprint density at radius 2 is 2.03 bits per heavy atom. The summed E-state index contributed by atoms with van der Waals surface area (Å²) in [6.45, 7) is 3.79. The zero-order valence-corrected chi connectivity index (χ0v) is 20.2. The molecule has 1 aliphatic carbocycles. The first-order valence-corrected chi connectivity index (χ1v) is 11.6. The van der Waals surface area contributed by atoms with Gasteiger partial charge in [0.05, 0.1) is 52.1 Å². The van der Waals surface area contributed by atoms with Crippen LogP contribution in [0.3, 0.4) is 0 Å². The molecule has 3 aromatic heterocycles. The van der Waals surface area contributed by atoms with Gasteiger partial charge in [0.15, 0.2) is 0 Å². The normalized spacial score (nSPS) is 18.1. The van der Waals surface area contributed by atoms with Crippen molar-refractivity contribution in [3.05, 3.63) is 47.8 Å². The molecule has 0 aromatic carbocycles. The van der Waals surface area contributed by atoms with Crippen molar-refractivity contribution in [2.75, 3.05) is 11.9 Å². The van der Waals surface area contributed by atoms with Crippen molar-refractivity contribution in [3.63, 3.8) is 0 Å². The number of nitrogens with one attached hydrogen (secondary N) is 3. The number of hydrogen-bond donors (Lipinski definition) is 4. The number of rotatable bonds is 8. The largest absolute Gasteiger partial charge is 0.387 e. The van der Waals surface area contributed by atoms with E-state index in [1.807, 2.05) is 12.1 Å². The van der Waals surface area contributed by atoms with Gasteiger partial charge in [-0.15, -0.1) is 0 Å². The van der Waals surface area contributed by atoms with E-state index in [2.05, 4.69) is 32.1 Å². The molecule has 188 valence electrons. The molecule has 36 heavy (non-hydrogen) atoms. The number of anilines is 1. The van der Waals surface area contributed by atoms with Crippen molar-refractivity contribution in [1.82, 2.24) is 25.2 Å². The fraction of sp³-hybridized carbons (Fsp3) is 0.400. The number of amides is 2. The molecule has 0 aliphatic heterocycles. The third-order valence-electron chi connectivity index (χ3n) is 6.15. The van der Waals surface area contributed by atoms with E-state index < -0.39 is 17.7 Å². The molecular formula is C25H28FN7O3. The minimum absolute atomic E-state index is 0.0225. The highest BCUT2D eigenvalue weighted by molar-refractivity contribution is 6.00. The maximum absolute atomic E-state index is 14.2. The van der Waals surface area contributed by atoms with Crippen molar-refractivity contribution < 1.29 is 19.1 Å². The second kappa shape index (κ2) is 9.91. The first kappa shape index (κ1) is 25.1. The maximum Gasteiger partial charge on any atom is 0.255 e. The first-order valence-electron chi connectivity index (χ1n) is 11.6. The molecule has 1 aliphatic rings. The lowest BCUT2D eigenvalue weighted by Gasteiger charge is -2.37. The fourth-order valence-electron chi connectivity index (χ4n) is 4.04. The van der Waals surface area contributed by atoms with Crippen LogP contribution in [0.5, 0.6) is 0 Å². The third kappa shape index (κ3) is 5.44. The molecule has 0 saturated heterocycles. The van der Waals surface area contributed by atoms with Crippen molar-refractivity contribution in [2.24, 2.45) is 0 Å². The zero-order chi connectivity index (χ0) is 26.0. The Hall–Kier alpha value is -4.04. The Balaban J connectivity index is 1.61. The molecule has 10 nitrogen and oxygen atoms in total. The number of alkyl halides is 1. The zero-order valence-electron chi connectivity index (χ0n) is 20.2. The van der Waals surface area contributed by atoms with Crippen LogP contribution in [0.2, 0.25) is 0 Å². The lowest BCUT2D eigenvalue weighted by atomic mass is 9.86. The van der Waals surface area contributed by atoms with Gasteiger partial charge in [-0.05, 0) is 51.0 Å². The Kier molecular flexibility index (Phi) is 6.90. The highest BCUT2D eigenvalue weighted by Gasteiger charge is 2.31. The Morgan fingerprint density at radius 3 is 2.69 bits per heavy atom. The number of nitriles is 1. The molecule has 2 amide bonds. The molecule has 3 aromatic rings. The Labute approximate surface area is 207 Å². The van der Waals surface area contributed by atoms with Crippen LogP contribution in [0.25, 0.3) is 16.9 Å². The lowest BCUT2D eigenvalue weighted by Crippen LogP contribution is -2.49. The predicted octanol–water partition coefficient (Wildman–Crippen LogP) is 2.19. The minimum Gasteiger partial charge on any atom is -0.387 e. The number of hydrogen-bond acceptors (Lipinski definition) is 7. The Bertz CT molecular complexity index is 1340. The number of aliphatic hydroxyl groups is 1. The van der Waals surface area contributed by atoms with E-state index in [0.717, 1.165) is 5.52 Å². The second-order valence-corrected chi connectivity index (χ2v) is 9.57. The highest BCUT2D eigenvalue weighted by atomic mass is 19.1. The van der Waals surface area contributed by atoms with E-state index >= 15 is 0 Å². The van der Waals surface area contributed by atoms with Gasteiger partial charge in [0.25, 0.3) is 5.91 Å². The molecule has 0 bridgehead atoms. The molecule has 4 rings (SSSR count). The van der Waals surface area contributed by atoms with Crippen molar-refractivity contribution in [3.8, 4) is 17.5 Å². The van der Waals surface area contributed by atoms with Crippen molar-refractivity contribution >= 4 is 23.0 Å². The summed E-state index contributed by atoms with van der Waals surface area (Å²) in [5.74, 6) is -0.623. The van der Waals surface area contributed by atoms with E-state index in [1.165, 1.54) is 33.2 Å². The summed E-state index contributed by atoms with van der Waals surface area (Å²) in [6, 6.07) is 9.23. The van der Waals surface area contributed by atoms with Crippen molar-refractivity contribution in [1.29, 1.82) is 5.26 Å². The quantitative estimate of drug-likeness (QED) is 0.376. The average Bonchev–Trinajstić information content (AvgIpc) is 3.23.